The van der Waals surface area contributed by atoms with Crippen molar-refractivity contribution in [1.82, 2.24) is 10.3 Å². The zero-order valence-corrected chi connectivity index (χ0v) is 16.6. The van der Waals surface area contributed by atoms with Gasteiger partial charge in [0.15, 0.2) is 5.13 Å². The van der Waals surface area contributed by atoms with Crippen LogP contribution in [-0.2, 0) is 11.3 Å². The van der Waals surface area contributed by atoms with Crippen molar-refractivity contribution >= 4 is 39.9 Å². The number of aromatic nitrogens is 1. The number of carboxylic acids is 1. The summed E-state index contributed by atoms with van der Waals surface area (Å²) >= 11 is 7.49. The number of hydrogen-bond donors (Lipinski definition) is 2. The van der Waals surface area contributed by atoms with E-state index < -0.39 is 18.4 Å². The van der Waals surface area contributed by atoms with Gasteiger partial charge in [0, 0.05) is 35.1 Å². The van der Waals surface area contributed by atoms with Crippen LogP contribution in [0.5, 0.6) is 0 Å². The Labute approximate surface area is 171 Å². The molecule has 144 valence electrons. The second-order valence-corrected chi connectivity index (χ2v) is 7.42. The average molecular weight is 416 g/mol. The first-order chi connectivity index (χ1) is 13.4. The summed E-state index contributed by atoms with van der Waals surface area (Å²) in [7, 11) is 1.96. The highest BCUT2D eigenvalue weighted by molar-refractivity contribution is 7.14. The molecule has 0 saturated carbocycles. The highest BCUT2D eigenvalue weighted by Gasteiger charge is 2.11. The van der Waals surface area contributed by atoms with E-state index in [1.54, 1.807) is 23.5 Å². The molecule has 0 aliphatic heterocycles. The maximum Gasteiger partial charge on any atom is 0.322 e. The predicted octanol–water partition coefficient (Wildman–Crippen LogP) is 3.91. The minimum atomic E-state index is -1.08. The smallest absolute Gasteiger partial charge is 0.322 e. The molecule has 6 nitrogen and oxygen atoms in total. The topological polar surface area (TPSA) is 82.5 Å². The number of carbonyl (C=O) groups excluding carboxylic acids is 1. The Morgan fingerprint density at radius 3 is 2.46 bits per heavy atom. The number of amides is 1. The van der Waals surface area contributed by atoms with E-state index in [2.05, 4.69) is 10.3 Å². The maximum atomic E-state index is 11.9. The fourth-order valence-electron chi connectivity index (χ4n) is 2.55. The third kappa shape index (κ3) is 5.09. The first-order valence-corrected chi connectivity index (χ1v) is 9.69. The Kier molecular flexibility index (Phi) is 6.28. The van der Waals surface area contributed by atoms with Gasteiger partial charge >= 0.3 is 5.97 Å². The molecule has 1 heterocycles. The van der Waals surface area contributed by atoms with Crippen LogP contribution >= 0.6 is 22.9 Å². The van der Waals surface area contributed by atoms with Gasteiger partial charge in [-0.3, -0.25) is 9.59 Å². The highest BCUT2D eigenvalue weighted by atomic mass is 35.5. The number of thiazole rings is 1. The number of carbonyl (C=O) groups is 2. The van der Waals surface area contributed by atoms with E-state index in [0.717, 1.165) is 22.0 Å². The Morgan fingerprint density at radius 1 is 1.14 bits per heavy atom. The van der Waals surface area contributed by atoms with Gasteiger partial charge < -0.3 is 15.3 Å². The number of benzene rings is 2. The van der Waals surface area contributed by atoms with Crippen LogP contribution in [-0.4, -0.2) is 35.6 Å². The average Bonchev–Trinajstić information content (AvgIpc) is 3.17. The molecule has 0 saturated heterocycles. The van der Waals surface area contributed by atoms with Gasteiger partial charge in [-0.25, -0.2) is 4.98 Å². The molecule has 8 heteroatoms. The molecule has 28 heavy (non-hydrogen) atoms. The van der Waals surface area contributed by atoms with E-state index in [0.29, 0.717) is 17.1 Å². The van der Waals surface area contributed by atoms with Crippen LogP contribution in [0.25, 0.3) is 11.3 Å². The largest absolute Gasteiger partial charge is 0.480 e. The van der Waals surface area contributed by atoms with E-state index in [4.69, 9.17) is 16.7 Å². The first-order valence-electron chi connectivity index (χ1n) is 8.44. The van der Waals surface area contributed by atoms with E-state index in [1.807, 2.05) is 53.7 Å². The molecular formula is C20H18ClN3O3S. The molecule has 0 radical (unpaired) electrons. The number of halogens is 1. The van der Waals surface area contributed by atoms with Gasteiger partial charge in [-0.15, -0.1) is 11.3 Å². The molecule has 0 fully saturated rings. The van der Waals surface area contributed by atoms with Gasteiger partial charge in [0.1, 0.15) is 6.54 Å². The number of nitrogens with one attached hydrogen (secondary N) is 1. The van der Waals surface area contributed by atoms with Crippen molar-refractivity contribution in [1.29, 1.82) is 0 Å². The SMILES string of the molecule is CN(Cc1ccc(C(=O)NCC(=O)O)cc1)c1nc(-c2ccc(Cl)cc2)cs1. The first kappa shape index (κ1) is 19.9. The lowest BCUT2D eigenvalue weighted by Gasteiger charge is -2.16. The minimum Gasteiger partial charge on any atom is -0.480 e. The van der Waals surface area contributed by atoms with Crippen LogP contribution in [0.2, 0.25) is 5.02 Å². The van der Waals surface area contributed by atoms with Gasteiger partial charge in [0.05, 0.1) is 5.69 Å². The van der Waals surface area contributed by atoms with Crippen LogP contribution in [0.15, 0.2) is 53.9 Å². The van der Waals surface area contributed by atoms with Crippen LogP contribution in [0, 0.1) is 0 Å². The number of carboxylic acid groups (broad SMARTS) is 1. The van der Waals surface area contributed by atoms with Crippen molar-refractivity contribution in [3.05, 3.63) is 70.1 Å². The molecule has 0 bridgehead atoms. The molecule has 3 aromatic rings. The Morgan fingerprint density at radius 2 is 1.82 bits per heavy atom. The van der Waals surface area contributed by atoms with Crippen LogP contribution in [0.3, 0.4) is 0 Å². The normalized spacial score (nSPS) is 10.5. The molecule has 0 aliphatic carbocycles. The molecule has 1 amide bonds. The second kappa shape index (κ2) is 8.86. The number of hydrogen-bond acceptors (Lipinski definition) is 5. The summed E-state index contributed by atoms with van der Waals surface area (Å²) in [4.78, 5) is 29.1. The lowest BCUT2D eigenvalue weighted by atomic mass is 10.1. The molecule has 0 atom stereocenters. The van der Waals surface area contributed by atoms with Crippen molar-refractivity contribution in [3.63, 3.8) is 0 Å². The van der Waals surface area contributed by atoms with Crippen molar-refractivity contribution in [3.8, 4) is 11.3 Å². The van der Waals surface area contributed by atoms with Gasteiger partial charge in [-0.05, 0) is 29.8 Å². The fraction of sp³-hybridized carbons (Fsp3) is 0.150. The number of anilines is 1. The van der Waals surface area contributed by atoms with Gasteiger partial charge in [0.2, 0.25) is 0 Å². The molecule has 3 rings (SSSR count). The highest BCUT2D eigenvalue weighted by Crippen LogP contribution is 2.28. The molecule has 0 aliphatic rings. The number of aliphatic carboxylic acids is 1. The van der Waals surface area contributed by atoms with E-state index in [9.17, 15) is 9.59 Å². The van der Waals surface area contributed by atoms with E-state index in [1.165, 1.54) is 0 Å². The zero-order chi connectivity index (χ0) is 20.1. The van der Waals surface area contributed by atoms with E-state index in [-0.39, 0.29) is 0 Å². The second-order valence-electron chi connectivity index (χ2n) is 6.15. The van der Waals surface area contributed by atoms with Gasteiger partial charge in [0.25, 0.3) is 5.91 Å². The van der Waals surface area contributed by atoms with Crippen molar-refractivity contribution < 1.29 is 14.7 Å². The predicted molar refractivity (Wildman–Crippen MR) is 111 cm³/mol. The Balaban J connectivity index is 1.63. The molecule has 0 spiro atoms. The van der Waals surface area contributed by atoms with Gasteiger partial charge in [-0.2, -0.15) is 0 Å². The zero-order valence-electron chi connectivity index (χ0n) is 15.1. The molecule has 2 N–H and O–H groups in total. The summed E-state index contributed by atoms with van der Waals surface area (Å²) in [6.45, 7) is 0.230. The molecular weight excluding hydrogens is 398 g/mol. The summed E-state index contributed by atoms with van der Waals surface area (Å²) < 4.78 is 0. The van der Waals surface area contributed by atoms with Crippen molar-refractivity contribution in [2.75, 3.05) is 18.5 Å². The maximum absolute atomic E-state index is 11.9. The third-order valence-corrected chi connectivity index (χ3v) is 5.20. The molecule has 2 aromatic carbocycles. The third-order valence-electron chi connectivity index (χ3n) is 3.99. The summed E-state index contributed by atoms with van der Waals surface area (Å²) in [5.74, 6) is -1.48. The summed E-state index contributed by atoms with van der Waals surface area (Å²) in [5.41, 5.74) is 3.35. The van der Waals surface area contributed by atoms with E-state index >= 15 is 0 Å². The summed E-state index contributed by atoms with van der Waals surface area (Å²) in [6, 6.07) is 14.6. The molecule has 0 unspecified atom stereocenters. The van der Waals surface area contributed by atoms with Gasteiger partial charge in [-0.1, -0.05) is 35.9 Å². The van der Waals surface area contributed by atoms with Crippen LogP contribution in [0.1, 0.15) is 15.9 Å². The Hall–Kier alpha value is -2.90. The van der Waals surface area contributed by atoms with Crippen molar-refractivity contribution in [2.45, 2.75) is 6.54 Å². The van der Waals surface area contributed by atoms with Crippen LogP contribution < -0.4 is 10.2 Å². The number of nitrogens with zero attached hydrogens (tertiary/aromatic N) is 2. The Bertz CT molecular complexity index is 971. The lowest BCUT2D eigenvalue weighted by molar-refractivity contribution is -0.135. The van der Waals surface area contributed by atoms with Crippen LogP contribution in [0.4, 0.5) is 5.13 Å². The molecule has 1 aromatic heterocycles. The standard InChI is InChI=1S/C20H18ClN3O3S/c1-24(20-23-17(12-28-20)14-6-8-16(21)9-7-14)11-13-2-4-15(5-3-13)19(27)22-10-18(25)26/h2-9,12H,10-11H2,1H3,(H,22,27)(H,25,26). The quantitative estimate of drug-likeness (QED) is 0.611. The monoisotopic (exact) mass is 415 g/mol. The summed E-state index contributed by atoms with van der Waals surface area (Å²) in [5, 5.41) is 14.5. The minimum absolute atomic E-state index is 0.399. The fourth-order valence-corrected chi connectivity index (χ4v) is 3.48. The lowest BCUT2D eigenvalue weighted by Crippen LogP contribution is -2.29. The summed E-state index contributed by atoms with van der Waals surface area (Å²) in [6.07, 6.45) is 0. The number of rotatable bonds is 7. The van der Waals surface area contributed by atoms with Crippen molar-refractivity contribution in [2.24, 2.45) is 0 Å².